The Kier molecular flexibility index (Phi) is 6.92. The molecule has 1 N–H and O–H groups in total. The molecule has 0 saturated carbocycles. The fraction of sp³-hybridized carbons (Fsp3) is 0.500. The number of aliphatic carboxylic acids is 1. The predicted molar refractivity (Wildman–Crippen MR) is 68.9 cm³/mol. The molecule has 1 unspecified atom stereocenters. The Morgan fingerprint density at radius 3 is 2.53 bits per heavy atom. The lowest BCUT2D eigenvalue weighted by atomic mass is 10.2. The van der Waals surface area contributed by atoms with Crippen molar-refractivity contribution in [3.05, 3.63) is 29.8 Å². The summed E-state index contributed by atoms with van der Waals surface area (Å²) in [6.07, 6.45) is 0. The molecule has 1 aromatic carbocycles. The first-order chi connectivity index (χ1) is 9.15. The van der Waals surface area contributed by atoms with E-state index in [1.165, 1.54) is 0 Å². The normalized spacial score (nSPS) is 12.1. The summed E-state index contributed by atoms with van der Waals surface area (Å²) in [5.74, 6) is -0.221. The lowest BCUT2D eigenvalue weighted by Gasteiger charge is -2.19. The molecule has 106 valence electrons. The third kappa shape index (κ3) is 6.22. The molecule has 0 heterocycles. The topological polar surface area (TPSA) is 63.0 Å². The van der Waals surface area contributed by atoms with Gasteiger partial charge in [0.1, 0.15) is 25.4 Å². The quantitative estimate of drug-likeness (QED) is 0.615. The summed E-state index contributed by atoms with van der Waals surface area (Å²) in [6, 6.07) is 7.69. The van der Waals surface area contributed by atoms with Crippen molar-refractivity contribution in [2.24, 2.45) is 0 Å². The average Bonchev–Trinajstić information content (AvgIpc) is 2.38. The molecular weight excluding hydrogens is 246 g/mol. The lowest BCUT2D eigenvalue weighted by Crippen LogP contribution is -3.12. The van der Waals surface area contributed by atoms with Crippen molar-refractivity contribution in [2.75, 3.05) is 33.4 Å². The Morgan fingerprint density at radius 2 is 2.00 bits per heavy atom. The van der Waals surface area contributed by atoms with Crippen LogP contribution < -0.4 is 14.7 Å². The lowest BCUT2D eigenvalue weighted by molar-refractivity contribution is -0.908. The van der Waals surface area contributed by atoms with Gasteiger partial charge in [0.05, 0.1) is 19.2 Å². The zero-order valence-corrected chi connectivity index (χ0v) is 11.5. The smallest absolute Gasteiger partial charge is 0.119 e. The fourth-order valence-corrected chi connectivity index (χ4v) is 1.85. The van der Waals surface area contributed by atoms with E-state index in [1.807, 2.05) is 31.2 Å². The van der Waals surface area contributed by atoms with Crippen molar-refractivity contribution >= 4 is 5.97 Å². The predicted octanol–water partition coefficient (Wildman–Crippen LogP) is -1.13. The Bertz CT molecular complexity index is 378. The maximum Gasteiger partial charge on any atom is 0.119 e. The Labute approximate surface area is 113 Å². The molecule has 1 rings (SSSR count). The van der Waals surface area contributed by atoms with E-state index in [4.69, 9.17) is 9.47 Å². The molecule has 1 aromatic rings. The van der Waals surface area contributed by atoms with E-state index in [-0.39, 0.29) is 6.54 Å². The van der Waals surface area contributed by atoms with Crippen LogP contribution in [0, 0.1) is 0 Å². The number of hydrogen-bond acceptors (Lipinski definition) is 4. The van der Waals surface area contributed by atoms with Crippen molar-refractivity contribution in [3.8, 4) is 5.75 Å². The molecule has 0 aliphatic rings. The number of nitrogens with one attached hydrogen (secondary N) is 1. The van der Waals surface area contributed by atoms with Crippen LogP contribution in [0.15, 0.2) is 24.3 Å². The van der Waals surface area contributed by atoms with Gasteiger partial charge in [-0.1, -0.05) is 0 Å². The van der Waals surface area contributed by atoms with Gasteiger partial charge in [-0.3, -0.25) is 0 Å². The molecule has 0 radical (unpaired) electrons. The van der Waals surface area contributed by atoms with Gasteiger partial charge in [0, 0.05) is 12.7 Å². The van der Waals surface area contributed by atoms with Crippen LogP contribution in [0.1, 0.15) is 12.5 Å². The van der Waals surface area contributed by atoms with Crippen LogP contribution in [0.25, 0.3) is 0 Å². The largest absolute Gasteiger partial charge is 0.544 e. The molecule has 0 aliphatic carbocycles. The standard InChI is InChI=1S/C14H21NO4/c1-3-19-13-6-4-12(5-7-13)10-15(8-9-18-2)11-14(16)17/h4-7H,3,8-11H2,1-2H3,(H,16,17). The fourth-order valence-electron chi connectivity index (χ4n) is 1.85. The summed E-state index contributed by atoms with van der Waals surface area (Å²) in [5.41, 5.74) is 1.07. The number of ether oxygens (including phenoxy) is 2. The Hall–Kier alpha value is -1.59. The molecule has 5 nitrogen and oxygen atoms in total. The SMILES string of the molecule is CCOc1ccc(C[NH+](CCOC)CC(=O)[O-])cc1. The third-order valence-electron chi connectivity index (χ3n) is 2.74. The summed E-state index contributed by atoms with van der Waals surface area (Å²) in [7, 11) is 1.60. The number of carbonyl (C=O) groups excluding carboxylic acids is 1. The second-order valence-corrected chi connectivity index (χ2v) is 4.30. The first kappa shape index (κ1) is 15.5. The minimum absolute atomic E-state index is 0.0173. The maximum absolute atomic E-state index is 10.7. The van der Waals surface area contributed by atoms with Crippen molar-refractivity contribution in [1.82, 2.24) is 0 Å². The number of carbonyl (C=O) groups is 1. The second kappa shape index (κ2) is 8.50. The first-order valence-corrected chi connectivity index (χ1v) is 6.39. The molecule has 19 heavy (non-hydrogen) atoms. The molecular formula is C14H21NO4. The van der Waals surface area contributed by atoms with Gasteiger partial charge in [-0.05, 0) is 31.2 Å². The van der Waals surface area contributed by atoms with Gasteiger partial charge in [0.15, 0.2) is 0 Å². The van der Waals surface area contributed by atoms with Gasteiger partial charge in [0.25, 0.3) is 0 Å². The van der Waals surface area contributed by atoms with Gasteiger partial charge < -0.3 is 24.3 Å². The number of quaternary nitrogens is 1. The summed E-state index contributed by atoms with van der Waals surface area (Å²) in [5, 5.41) is 10.7. The number of carboxylic acid groups (broad SMARTS) is 1. The van der Waals surface area contributed by atoms with E-state index in [1.54, 1.807) is 7.11 Å². The highest BCUT2D eigenvalue weighted by Gasteiger charge is 2.10. The third-order valence-corrected chi connectivity index (χ3v) is 2.74. The molecule has 0 spiro atoms. The Balaban J connectivity index is 2.58. The van der Waals surface area contributed by atoms with Crippen molar-refractivity contribution in [2.45, 2.75) is 13.5 Å². The minimum atomic E-state index is -1.04. The van der Waals surface area contributed by atoms with E-state index >= 15 is 0 Å². The first-order valence-electron chi connectivity index (χ1n) is 6.39. The van der Waals surface area contributed by atoms with Crippen LogP contribution >= 0.6 is 0 Å². The van der Waals surface area contributed by atoms with E-state index < -0.39 is 5.97 Å². The number of hydrogen-bond donors (Lipinski definition) is 1. The number of carboxylic acids is 1. The highest BCUT2D eigenvalue weighted by molar-refractivity contribution is 5.65. The van der Waals surface area contributed by atoms with E-state index in [0.717, 1.165) is 16.2 Å². The molecule has 5 heteroatoms. The number of methoxy groups -OCH3 is 1. The minimum Gasteiger partial charge on any atom is -0.544 e. The zero-order valence-electron chi connectivity index (χ0n) is 11.5. The van der Waals surface area contributed by atoms with Crippen LogP contribution in [0.5, 0.6) is 5.75 Å². The van der Waals surface area contributed by atoms with Crippen LogP contribution in [0.3, 0.4) is 0 Å². The van der Waals surface area contributed by atoms with Gasteiger partial charge in [-0.25, -0.2) is 0 Å². The van der Waals surface area contributed by atoms with Crippen LogP contribution in [0.2, 0.25) is 0 Å². The molecule has 1 atom stereocenters. The monoisotopic (exact) mass is 267 g/mol. The average molecular weight is 267 g/mol. The van der Waals surface area contributed by atoms with Gasteiger partial charge in [-0.15, -0.1) is 0 Å². The van der Waals surface area contributed by atoms with E-state index in [0.29, 0.717) is 26.3 Å². The van der Waals surface area contributed by atoms with Gasteiger partial charge in [-0.2, -0.15) is 0 Å². The van der Waals surface area contributed by atoms with Gasteiger partial charge in [0.2, 0.25) is 0 Å². The molecule has 0 bridgehead atoms. The summed E-state index contributed by atoms with van der Waals surface area (Å²) in [4.78, 5) is 11.6. The summed E-state index contributed by atoms with van der Waals surface area (Å²) < 4.78 is 10.4. The van der Waals surface area contributed by atoms with Crippen LogP contribution in [0.4, 0.5) is 0 Å². The van der Waals surface area contributed by atoms with Crippen LogP contribution in [-0.4, -0.2) is 39.4 Å². The van der Waals surface area contributed by atoms with E-state index in [2.05, 4.69) is 0 Å². The maximum atomic E-state index is 10.7. The van der Waals surface area contributed by atoms with Crippen LogP contribution in [-0.2, 0) is 16.1 Å². The number of rotatable bonds is 9. The highest BCUT2D eigenvalue weighted by Crippen LogP contribution is 2.11. The van der Waals surface area contributed by atoms with Gasteiger partial charge >= 0.3 is 0 Å². The number of benzene rings is 1. The molecule has 0 amide bonds. The highest BCUT2D eigenvalue weighted by atomic mass is 16.5. The summed E-state index contributed by atoms with van der Waals surface area (Å²) in [6.45, 7) is 4.34. The Morgan fingerprint density at radius 1 is 1.32 bits per heavy atom. The molecule has 0 fully saturated rings. The van der Waals surface area contributed by atoms with Crippen molar-refractivity contribution in [3.63, 3.8) is 0 Å². The molecule has 0 aliphatic heterocycles. The molecule has 0 aromatic heterocycles. The van der Waals surface area contributed by atoms with E-state index in [9.17, 15) is 9.90 Å². The second-order valence-electron chi connectivity index (χ2n) is 4.30. The van der Waals surface area contributed by atoms with Crippen molar-refractivity contribution in [1.29, 1.82) is 0 Å². The zero-order chi connectivity index (χ0) is 14.1. The summed E-state index contributed by atoms with van der Waals surface area (Å²) >= 11 is 0. The van der Waals surface area contributed by atoms with Crippen molar-refractivity contribution < 1.29 is 24.3 Å². The molecule has 0 saturated heterocycles.